The molecule has 0 aromatic carbocycles. The molecule has 1 saturated heterocycles. The molecule has 0 amide bonds. The quantitative estimate of drug-likeness (QED) is 0.724. The molecule has 0 bridgehead atoms. The Morgan fingerprint density at radius 3 is 3.21 bits per heavy atom. The molecular weight excluding hydrogens is 206 g/mol. The number of hydrogen-bond donors (Lipinski definition) is 0. The van der Waals surface area contributed by atoms with Gasteiger partial charge in [-0.15, -0.1) is 11.6 Å². The van der Waals surface area contributed by atoms with E-state index in [0.29, 0.717) is 18.2 Å². The fraction of sp³-hybridized carbons (Fsp3) is 0.667. The van der Waals surface area contributed by atoms with Crippen molar-refractivity contribution >= 4 is 11.6 Å². The first-order valence-corrected chi connectivity index (χ1v) is 5.16. The second-order valence-corrected chi connectivity index (χ2v) is 3.45. The average molecular weight is 218 g/mol. The van der Waals surface area contributed by atoms with Gasteiger partial charge in [0.25, 0.3) is 0 Å². The molecule has 1 aromatic heterocycles. The van der Waals surface area contributed by atoms with Gasteiger partial charge in [-0.2, -0.15) is 4.98 Å². The zero-order valence-corrected chi connectivity index (χ0v) is 8.50. The molecule has 0 aliphatic carbocycles. The standard InChI is InChI=1S/C9H12ClNO3/c10-4-7-5-13-9(11-7)14-6-8-2-1-3-12-8/h5,8H,1-4,6H2. The normalized spacial score (nSPS) is 21.4. The Labute approximate surface area is 87.2 Å². The third-order valence-corrected chi connectivity index (χ3v) is 2.36. The van der Waals surface area contributed by atoms with E-state index in [1.165, 1.54) is 6.26 Å². The minimum atomic E-state index is 0.182. The van der Waals surface area contributed by atoms with Gasteiger partial charge < -0.3 is 13.9 Å². The van der Waals surface area contributed by atoms with Crippen LogP contribution in [0.2, 0.25) is 0 Å². The van der Waals surface area contributed by atoms with E-state index in [9.17, 15) is 0 Å². The topological polar surface area (TPSA) is 44.5 Å². The molecular formula is C9H12ClNO3. The average Bonchev–Trinajstić information content (AvgIpc) is 2.86. The lowest BCUT2D eigenvalue weighted by atomic mass is 10.2. The van der Waals surface area contributed by atoms with Crippen LogP contribution in [0, 0.1) is 0 Å². The van der Waals surface area contributed by atoms with E-state index in [0.717, 1.165) is 19.4 Å². The van der Waals surface area contributed by atoms with Crippen LogP contribution in [0.4, 0.5) is 0 Å². The van der Waals surface area contributed by atoms with Gasteiger partial charge in [-0.25, -0.2) is 0 Å². The summed E-state index contributed by atoms with van der Waals surface area (Å²) in [5, 5.41) is 0. The van der Waals surface area contributed by atoms with Crippen LogP contribution >= 0.6 is 11.6 Å². The van der Waals surface area contributed by atoms with E-state index in [1.54, 1.807) is 0 Å². The van der Waals surface area contributed by atoms with E-state index >= 15 is 0 Å². The summed E-state index contributed by atoms with van der Waals surface area (Å²) < 4.78 is 15.7. The summed E-state index contributed by atoms with van der Waals surface area (Å²) in [6, 6.07) is 0. The predicted octanol–water partition coefficient (Wildman–Crippen LogP) is 1.97. The third-order valence-electron chi connectivity index (χ3n) is 2.08. The van der Waals surface area contributed by atoms with Gasteiger partial charge in [0.1, 0.15) is 12.9 Å². The summed E-state index contributed by atoms with van der Waals surface area (Å²) in [5.74, 6) is 0.340. The summed E-state index contributed by atoms with van der Waals surface area (Å²) in [4.78, 5) is 4.01. The van der Waals surface area contributed by atoms with Crippen LogP contribution in [-0.4, -0.2) is 24.3 Å². The number of rotatable bonds is 4. The lowest BCUT2D eigenvalue weighted by Gasteiger charge is -2.07. The molecule has 14 heavy (non-hydrogen) atoms. The minimum absolute atomic E-state index is 0.182. The molecule has 78 valence electrons. The molecule has 1 unspecified atom stereocenters. The van der Waals surface area contributed by atoms with Crippen LogP contribution in [0.3, 0.4) is 0 Å². The molecule has 4 nitrogen and oxygen atoms in total. The molecule has 2 heterocycles. The highest BCUT2D eigenvalue weighted by molar-refractivity contribution is 6.16. The van der Waals surface area contributed by atoms with Crippen molar-refractivity contribution in [1.82, 2.24) is 4.98 Å². The monoisotopic (exact) mass is 217 g/mol. The van der Waals surface area contributed by atoms with Crippen molar-refractivity contribution in [2.45, 2.75) is 24.8 Å². The maximum atomic E-state index is 5.56. The molecule has 0 radical (unpaired) electrons. The molecule has 0 saturated carbocycles. The van der Waals surface area contributed by atoms with Crippen LogP contribution in [-0.2, 0) is 10.6 Å². The first-order valence-electron chi connectivity index (χ1n) is 4.63. The van der Waals surface area contributed by atoms with Crippen LogP contribution in [0.15, 0.2) is 10.7 Å². The Balaban J connectivity index is 1.79. The summed E-state index contributed by atoms with van der Waals surface area (Å²) >= 11 is 5.56. The van der Waals surface area contributed by atoms with E-state index in [-0.39, 0.29) is 12.2 Å². The second-order valence-electron chi connectivity index (χ2n) is 3.18. The maximum Gasteiger partial charge on any atom is 0.393 e. The van der Waals surface area contributed by atoms with Crippen LogP contribution in [0.25, 0.3) is 0 Å². The van der Waals surface area contributed by atoms with Crippen molar-refractivity contribution in [3.8, 4) is 6.08 Å². The van der Waals surface area contributed by atoms with E-state index in [2.05, 4.69) is 4.98 Å². The van der Waals surface area contributed by atoms with Crippen molar-refractivity contribution in [2.75, 3.05) is 13.2 Å². The highest BCUT2D eigenvalue weighted by atomic mass is 35.5. The Hall–Kier alpha value is -0.740. The van der Waals surface area contributed by atoms with Crippen LogP contribution in [0.5, 0.6) is 6.08 Å². The largest absolute Gasteiger partial charge is 0.447 e. The van der Waals surface area contributed by atoms with Crippen molar-refractivity contribution in [3.05, 3.63) is 12.0 Å². The zero-order chi connectivity index (χ0) is 9.80. The zero-order valence-electron chi connectivity index (χ0n) is 7.74. The number of oxazole rings is 1. The second kappa shape index (κ2) is 4.66. The number of ether oxygens (including phenoxy) is 2. The minimum Gasteiger partial charge on any atom is -0.447 e. The first-order chi connectivity index (χ1) is 6.88. The van der Waals surface area contributed by atoms with E-state index in [1.807, 2.05) is 0 Å². The first kappa shape index (κ1) is 9.80. The Morgan fingerprint density at radius 1 is 1.64 bits per heavy atom. The van der Waals surface area contributed by atoms with E-state index < -0.39 is 0 Å². The number of hydrogen-bond acceptors (Lipinski definition) is 4. The molecule has 1 atom stereocenters. The van der Waals surface area contributed by atoms with Gasteiger partial charge in [-0.3, -0.25) is 0 Å². The van der Waals surface area contributed by atoms with Gasteiger partial charge in [-0.05, 0) is 12.8 Å². The Kier molecular flexibility index (Phi) is 3.26. The fourth-order valence-electron chi connectivity index (χ4n) is 1.36. The van der Waals surface area contributed by atoms with Gasteiger partial charge in [0.15, 0.2) is 0 Å². The van der Waals surface area contributed by atoms with Crippen molar-refractivity contribution in [1.29, 1.82) is 0 Å². The summed E-state index contributed by atoms with van der Waals surface area (Å²) in [6.45, 7) is 1.33. The lowest BCUT2D eigenvalue weighted by molar-refractivity contribution is 0.0565. The van der Waals surface area contributed by atoms with Gasteiger partial charge in [0.05, 0.1) is 17.7 Å². The van der Waals surface area contributed by atoms with Gasteiger partial charge in [0.2, 0.25) is 0 Å². The summed E-state index contributed by atoms with van der Waals surface area (Å²) in [5.41, 5.74) is 0.689. The van der Waals surface area contributed by atoms with Crippen molar-refractivity contribution < 1.29 is 13.9 Å². The molecule has 0 spiro atoms. The van der Waals surface area contributed by atoms with Crippen molar-refractivity contribution in [2.24, 2.45) is 0 Å². The van der Waals surface area contributed by atoms with Gasteiger partial charge in [-0.1, -0.05) is 0 Å². The number of alkyl halides is 1. The molecule has 1 fully saturated rings. The molecule has 1 aliphatic heterocycles. The highest BCUT2D eigenvalue weighted by Crippen LogP contribution is 2.15. The molecule has 5 heteroatoms. The molecule has 2 rings (SSSR count). The third kappa shape index (κ3) is 2.39. The van der Waals surface area contributed by atoms with E-state index in [4.69, 9.17) is 25.5 Å². The van der Waals surface area contributed by atoms with Gasteiger partial charge >= 0.3 is 6.08 Å². The maximum absolute atomic E-state index is 5.56. The van der Waals surface area contributed by atoms with Gasteiger partial charge in [0, 0.05) is 6.61 Å². The molecule has 1 aromatic rings. The molecule has 1 aliphatic rings. The highest BCUT2D eigenvalue weighted by Gasteiger charge is 2.17. The molecule has 0 N–H and O–H groups in total. The Morgan fingerprint density at radius 2 is 2.57 bits per heavy atom. The van der Waals surface area contributed by atoms with Crippen molar-refractivity contribution in [3.63, 3.8) is 0 Å². The summed E-state index contributed by atoms with van der Waals surface area (Å²) in [6.07, 6.45) is 4.10. The predicted molar refractivity (Wildman–Crippen MR) is 50.5 cm³/mol. The number of halogens is 1. The fourth-order valence-corrected chi connectivity index (χ4v) is 1.48. The van der Waals surface area contributed by atoms with Crippen LogP contribution < -0.4 is 4.74 Å². The van der Waals surface area contributed by atoms with Crippen LogP contribution in [0.1, 0.15) is 18.5 Å². The SMILES string of the molecule is ClCc1coc(OCC2CCCO2)n1. The number of aromatic nitrogens is 1. The Bertz CT molecular complexity index is 283. The lowest BCUT2D eigenvalue weighted by Crippen LogP contribution is -2.16. The smallest absolute Gasteiger partial charge is 0.393 e. The number of nitrogens with zero attached hydrogens (tertiary/aromatic N) is 1. The summed E-state index contributed by atoms with van der Waals surface area (Å²) in [7, 11) is 0.